The fraction of sp³-hybridized carbons (Fsp3) is 0.105. The Hall–Kier alpha value is -3.61. The minimum atomic E-state index is -0.738. The normalized spacial score (nSPS) is 10.4. The monoisotopic (exact) mass is 352 g/mol. The van der Waals surface area contributed by atoms with Gasteiger partial charge in [0.2, 0.25) is 5.91 Å². The first-order valence-electron chi connectivity index (χ1n) is 7.77. The van der Waals surface area contributed by atoms with E-state index in [1.54, 1.807) is 42.5 Å². The van der Waals surface area contributed by atoms with Crippen molar-refractivity contribution in [2.24, 2.45) is 0 Å². The van der Waals surface area contributed by atoms with E-state index in [1.807, 2.05) is 0 Å². The van der Waals surface area contributed by atoms with Crippen LogP contribution in [0, 0.1) is 0 Å². The molecule has 0 aliphatic carbocycles. The SMILES string of the molecule is COc1ccc2cc(C(=O)Nc3ccc(NC(C)=O)cc3)c(=O)oc2c1. The van der Waals surface area contributed by atoms with Crippen molar-refractivity contribution in [2.45, 2.75) is 6.92 Å². The van der Waals surface area contributed by atoms with Gasteiger partial charge in [-0.2, -0.15) is 0 Å². The summed E-state index contributed by atoms with van der Waals surface area (Å²) in [7, 11) is 1.51. The van der Waals surface area contributed by atoms with Crippen LogP contribution in [0.2, 0.25) is 0 Å². The molecule has 0 radical (unpaired) electrons. The molecule has 3 aromatic rings. The molecule has 0 fully saturated rings. The summed E-state index contributed by atoms with van der Waals surface area (Å²) in [6, 6.07) is 13.0. The van der Waals surface area contributed by atoms with Gasteiger partial charge in [0.1, 0.15) is 16.9 Å². The van der Waals surface area contributed by atoms with E-state index in [-0.39, 0.29) is 11.5 Å². The summed E-state index contributed by atoms with van der Waals surface area (Å²) in [5, 5.41) is 5.87. The molecular formula is C19H16N2O5. The molecule has 7 nitrogen and oxygen atoms in total. The number of rotatable bonds is 4. The highest BCUT2D eigenvalue weighted by Gasteiger charge is 2.14. The number of hydrogen-bond acceptors (Lipinski definition) is 5. The number of ether oxygens (including phenoxy) is 1. The molecule has 2 N–H and O–H groups in total. The maximum absolute atomic E-state index is 12.4. The van der Waals surface area contributed by atoms with E-state index in [1.165, 1.54) is 20.1 Å². The minimum Gasteiger partial charge on any atom is -0.497 e. The maximum atomic E-state index is 12.4. The Kier molecular flexibility index (Phi) is 4.70. The zero-order valence-electron chi connectivity index (χ0n) is 14.2. The van der Waals surface area contributed by atoms with E-state index in [0.29, 0.717) is 28.1 Å². The summed E-state index contributed by atoms with van der Waals surface area (Å²) in [4.78, 5) is 35.5. The molecule has 0 atom stereocenters. The van der Waals surface area contributed by atoms with Crippen LogP contribution in [-0.4, -0.2) is 18.9 Å². The lowest BCUT2D eigenvalue weighted by atomic mass is 10.1. The zero-order valence-corrected chi connectivity index (χ0v) is 14.2. The molecule has 0 bridgehead atoms. The van der Waals surface area contributed by atoms with Crippen molar-refractivity contribution in [3.63, 3.8) is 0 Å². The summed E-state index contributed by atoms with van der Waals surface area (Å²) in [5.41, 5.74) is 0.588. The van der Waals surface area contributed by atoms with Gasteiger partial charge < -0.3 is 19.8 Å². The van der Waals surface area contributed by atoms with Gasteiger partial charge in [-0.1, -0.05) is 0 Å². The predicted octanol–water partition coefficient (Wildman–Crippen LogP) is 3.01. The van der Waals surface area contributed by atoms with Crippen LogP contribution in [0.15, 0.2) is 57.7 Å². The smallest absolute Gasteiger partial charge is 0.349 e. The number of amides is 2. The number of carbonyl (C=O) groups is 2. The van der Waals surface area contributed by atoms with Crippen LogP contribution in [0.4, 0.5) is 11.4 Å². The Morgan fingerprint density at radius 2 is 1.62 bits per heavy atom. The van der Waals surface area contributed by atoms with E-state index in [2.05, 4.69) is 10.6 Å². The van der Waals surface area contributed by atoms with Gasteiger partial charge in [0.15, 0.2) is 0 Å². The fourth-order valence-corrected chi connectivity index (χ4v) is 2.42. The van der Waals surface area contributed by atoms with Gasteiger partial charge in [-0.3, -0.25) is 9.59 Å². The first-order chi connectivity index (χ1) is 12.5. The molecule has 0 unspecified atom stereocenters. The second-order valence-corrected chi connectivity index (χ2v) is 5.56. The molecule has 0 aliphatic heterocycles. The summed E-state index contributed by atoms with van der Waals surface area (Å²) in [6.07, 6.45) is 0. The van der Waals surface area contributed by atoms with Gasteiger partial charge in [-0.25, -0.2) is 4.79 Å². The Labute approximate surface area is 148 Å². The molecule has 26 heavy (non-hydrogen) atoms. The van der Waals surface area contributed by atoms with Crippen molar-refractivity contribution in [1.29, 1.82) is 0 Å². The van der Waals surface area contributed by atoms with E-state index in [4.69, 9.17) is 9.15 Å². The Morgan fingerprint density at radius 3 is 2.23 bits per heavy atom. The van der Waals surface area contributed by atoms with Crippen molar-refractivity contribution in [1.82, 2.24) is 0 Å². The predicted molar refractivity (Wildman–Crippen MR) is 97.7 cm³/mol. The molecule has 3 rings (SSSR count). The third-order valence-corrected chi connectivity index (χ3v) is 3.65. The topological polar surface area (TPSA) is 97.6 Å². The van der Waals surface area contributed by atoms with E-state index in [9.17, 15) is 14.4 Å². The number of benzene rings is 2. The third-order valence-electron chi connectivity index (χ3n) is 3.65. The van der Waals surface area contributed by atoms with Crippen molar-refractivity contribution in [3.8, 4) is 5.75 Å². The van der Waals surface area contributed by atoms with Crippen LogP contribution < -0.4 is 21.0 Å². The van der Waals surface area contributed by atoms with Crippen LogP contribution >= 0.6 is 0 Å². The average Bonchev–Trinajstić information content (AvgIpc) is 2.61. The highest BCUT2D eigenvalue weighted by Crippen LogP contribution is 2.21. The number of methoxy groups -OCH3 is 1. The lowest BCUT2D eigenvalue weighted by molar-refractivity contribution is -0.114. The molecule has 1 heterocycles. The number of fused-ring (bicyclic) bond motifs is 1. The van der Waals surface area contributed by atoms with Crippen LogP contribution in [0.25, 0.3) is 11.0 Å². The first kappa shape index (κ1) is 17.2. The minimum absolute atomic E-state index is 0.103. The summed E-state index contributed by atoms with van der Waals surface area (Å²) in [5.74, 6) is -0.215. The molecule has 0 aliphatic rings. The highest BCUT2D eigenvalue weighted by atomic mass is 16.5. The second kappa shape index (κ2) is 7.10. The summed E-state index contributed by atoms with van der Waals surface area (Å²) >= 11 is 0. The Bertz CT molecular complexity index is 1040. The van der Waals surface area contributed by atoms with E-state index >= 15 is 0 Å². The van der Waals surface area contributed by atoms with Crippen LogP contribution in [0.1, 0.15) is 17.3 Å². The maximum Gasteiger partial charge on any atom is 0.349 e. The van der Waals surface area contributed by atoms with Crippen LogP contribution in [-0.2, 0) is 4.79 Å². The molecule has 7 heteroatoms. The van der Waals surface area contributed by atoms with E-state index < -0.39 is 11.5 Å². The van der Waals surface area contributed by atoms with Crippen molar-refractivity contribution in [3.05, 3.63) is 64.5 Å². The number of nitrogens with one attached hydrogen (secondary N) is 2. The van der Waals surface area contributed by atoms with Crippen molar-refractivity contribution in [2.75, 3.05) is 17.7 Å². The van der Waals surface area contributed by atoms with Gasteiger partial charge in [0.05, 0.1) is 7.11 Å². The van der Waals surface area contributed by atoms with Gasteiger partial charge in [0, 0.05) is 29.8 Å². The quantitative estimate of drug-likeness (QED) is 0.704. The van der Waals surface area contributed by atoms with Crippen LogP contribution in [0.5, 0.6) is 5.75 Å². The average molecular weight is 352 g/mol. The third kappa shape index (κ3) is 3.72. The zero-order chi connectivity index (χ0) is 18.7. The lowest BCUT2D eigenvalue weighted by Crippen LogP contribution is -2.20. The van der Waals surface area contributed by atoms with Gasteiger partial charge in [-0.15, -0.1) is 0 Å². The fourth-order valence-electron chi connectivity index (χ4n) is 2.42. The van der Waals surface area contributed by atoms with Crippen LogP contribution in [0.3, 0.4) is 0 Å². The molecule has 2 amide bonds. The Morgan fingerprint density at radius 1 is 0.962 bits per heavy atom. The molecule has 2 aromatic carbocycles. The van der Waals surface area contributed by atoms with Gasteiger partial charge in [0.25, 0.3) is 5.91 Å². The van der Waals surface area contributed by atoms with E-state index in [0.717, 1.165) is 0 Å². The molecule has 1 aromatic heterocycles. The molecule has 0 spiro atoms. The summed E-state index contributed by atoms with van der Waals surface area (Å²) < 4.78 is 10.3. The number of hydrogen-bond donors (Lipinski definition) is 2. The van der Waals surface area contributed by atoms with Crippen molar-refractivity contribution >= 4 is 34.2 Å². The van der Waals surface area contributed by atoms with Gasteiger partial charge in [-0.05, 0) is 42.5 Å². The molecular weight excluding hydrogens is 336 g/mol. The first-order valence-corrected chi connectivity index (χ1v) is 7.77. The number of anilines is 2. The lowest BCUT2D eigenvalue weighted by Gasteiger charge is -2.07. The second-order valence-electron chi connectivity index (χ2n) is 5.56. The summed E-state index contributed by atoms with van der Waals surface area (Å²) in [6.45, 7) is 1.41. The highest BCUT2D eigenvalue weighted by molar-refractivity contribution is 6.05. The van der Waals surface area contributed by atoms with Crippen molar-refractivity contribution < 1.29 is 18.7 Å². The molecule has 0 saturated carbocycles. The Balaban J connectivity index is 1.84. The standard InChI is InChI=1S/C19H16N2O5/c1-11(22)20-13-4-6-14(7-5-13)21-18(23)16-9-12-3-8-15(25-2)10-17(12)26-19(16)24/h3-10H,1-2H3,(H,20,22)(H,21,23). The molecule has 132 valence electrons. The number of carbonyl (C=O) groups excluding carboxylic acids is 2. The molecule has 0 saturated heterocycles. The van der Waals surface area contributed by atoms with Gasteiger partial charge >= 0.3 is 5.63 Å². The largest absolute Gasteiger partial charge is 0.497 e.